The van der Waals surface area contributed by atoms with Gasteiger partial charge in [0.15, 0.2) is 5.17 Å². The number of thioether (sulfide) groups is 1. The van der Waals surface area contributed by atoms with E-state index in [1.165, 1.54) is 31.9 Å². The van der Waals surface area contributed by atoms with Gasteiger partial charge in [-0.3, -0.25) is 0 Å². The van der Waals surface area contributed by atoms with E-state index in [2.05, 4.69) is 9.97 Å². The largest absolute Gasteiger partial charge is 0.479 e. The van der Waals surface area contributed by atoms with Gasteiger partial charge in [0, 0.05) is 23.8 Å². The number of benzene rings is 1. The van der Waals surface area contributed by atoms with E-state index < -0.39 is 40.6 Å². The first-order valence-corrected chi connectivity index (χ1v) is 14.1. The molecule has 1 saturated heterocycles. The van der Waals surface area contributed by atoms with Gasteiger partial charge in [-0.15, -0.1) is 0 Å². The predicted molar refractivity (Wildman–Crippen MR) is 151 cm³/mol. The van der Waals surface area contributed by atoms with Crippen molar-refractivity contribution in [1.82, 2.24) is 14.9 Å². The van der Waals surface area contributed by atoms with Crippen LogP contribution in [0.4, 0.5) is 24.3 Å². The van der Waals surface area contributed by atoms with E-state index >= 15 is 4.39 Å². The maximum Gasteiger partial charge on any atom is 0.426 e. The van der Waals surface area contributed by atoms with Crippen LogP contribution < -0.4 is 9.64 Å². The molecule has 0 saturated carbocycles. The molecular weight excluding hydrogens is 556 g/mol. The van der Waals surface area contributed by atoms with Crippen LogP contribution in [-0.4, -0.2) is 69.4 Å². The SMILES string of the molecule is COc1nc(N2C[C@@H]3CSC(N(C(=O)OC(C)(C)C)C(=O)OC(C)(C)C)=N[C@]3(c3ccccc3F)C2)nc(C)c1F. The Morgan fingerprint density at radius 1 is 1.05 bits per heavy atom. The third-order valence-corrected chi connectivity index (χ3v) is 7.49. The normalized spacial score (nSPS) is 20.7. The fourth-order valence-electron chi connectivity index (χ4n) is 4.68. The van der Waals surface area contributed by atoms with Crippen LogP contribution in [0.5, 0.6) is 5.88 Å². The summed E-state index contributed by atoms with van der Waals surface area (Å²) in [6, 6.07) is 6.24. The van der Waals surface area contributed by atoms with Gasteiger partial charge in [0.1, 0.15) is 22.6 Å². The molecule has 13 heteroatoms. The number of rotatable bonds is 3. The highest BCUT2D eigenvalue weighted by Crippen LogP contribution is 2.48. The summed E-state index contributed by atoms with van der Waals surface area (Å²) in [5, 5.41) is 0.0173. The molecule has 1 aromatic heterocycles. The smallest absolute Gasteiger partial charge is 0.426 e. The van der Waals surface area contributed by atoms with Crippen LogP contribution in [0.2, 0.25) is 0 Å². The lowest BCUT2D eigenvalue weighted by molar-refractivity contribution is 0.0150. The summed E-state index contributed by atoms with van der Waals surface area (Å²) >= 11 is 1.17. The van der Waals surface area contributed by atoms with Crippen molar-refractivity contribution in [2.75, 3.05) is 30.9 Å². The van der Waals surface area contributed by atoms with Crippen LogP contribution in [-0.2, 0) is 15.0 Å². The summed E-state index contributed by atoms with van der Waals surface area (Å²) in [6.45, 7) is 12.0. The standard InChI is InChI=1S/C28H35F2N5O5S/c1-16-20(30)21(38-8)32-22(31-16)34-13-17-14-41-23(33-28(17,15-34)18-11-9-10-12-19(18)29)35(24(36)39-26(2,3)4)25(37)40-27(5,6)7/h9-12,17H,13-15H2,1-8H3/t17-,28-/m1/s1. The number of hydrogen-bond acceptors (Lipinski definition) is 10. The van der Waals surface area contributed by atoms with Gasteiger partial charge in [-0.25, -0.2) is 24.0 Å². The molecule has 0 N–H and O–H groups in total. The average molecular weight is 592 g/mol. The molecule has 4 rings (SSSR count). The zero-order chi connectivity index (χ0) is 30.3. The van der Waals surface area contributed by atoms with Crippen molar-refractivity contribution in [3.8, 4) is 5.88 Å². The number of halogens is 2. The molecule has 222 valence electrons. The van der Waals surface area contributed by atoms with Gasteiger partial charge in [0.05, 0.1) is 19.3 Å². The lowest BCUT2D eigenvalue weighted by atomic mass is 9.81. The van der Waals surface area contributed by atoms with E-state index in [-0.39, 0.29) is 40.7 Å². The third-order valence-electron chi connectivity index (χ3n) is 6.39. The van der Waals surface area contributed by atoms with Crippen molar-refractivity contribution in [3.05, 3.63) is 47.2 Å². The number of nitrogens with zero attached hydrogens (tertiary/aromatic N) is 5. The van der Waals surface area contributed by atoms with Crippen molar-refractivity contribution >= 4 is 35.1 Å². The summed E-state index contributed by atoms with van der Waals surface area (Å²) in [5.74, 6) is -1.09. The zero-order valence-electron chi connectivity index (χ0n) is 24.4. The quantitative estimate of drug-likeness (QED) is 0.446. The second-order valence-corrected chi connectivity index (χ2v) is 12.9. The minimum Gasteiger partial charge on any atom is -0.479 e. The molecule has 1 fully saturated rings. The number of aryl methyl sites for hydroxylation is 1. The maximum absolute atomic E-state index is 15.5. The van der Waals surface area contributed by atoms with Gasteiger partial charge in [-0.05, 0) is 54.5 Å². The molecule has 2 amide bonds. The molecule has 0 radical (unpaired) electrons. The lowest BCUT2D eigenvalue weighted by Gasteiger charge is -2.37. The van der Waals surface area contributed by atoms with E-state index in [0.29, 0.717) is 12.3 Å². The zero-order valence-corrected chi connectivity index (χ0v) is 25.3. The first-order valence-electron chi connectivity index (χ1n) is 13.1. The first-order chi connectivity index (χ1) is 19.0. The first kappa shape index (κ1) is 30.5. The van der Waals surface area contributed by atoms with Gasteiger partial charge in [0.25, 0.3) is 5.88 Å². The van der Waals surface area contributed by atoms with Gasteiger partial charge in [0.2, 0.25) is 11.8 Å². The second kappa shape index (κ2) is 11.1. The molecule has 0 spiro atoms. The Balaban J connectivity index is 1.85. The fraction of sp³-hybridized carbons (Fsp3) is 0.536. The van der Waals surface area contributed by atoms with Crippen molar-refractivity contribution < 1.29 is 32.6 Å². The highest BCUT2D eigenvalue weighted by molar-refractivity contribution is 8.13. The summed E-state index contributed by atoms with van der Waals surface area (Å²) in [4.78, 5) is 42.8. The van der Waals surface area contributed by atoms with E-state index in [0.717, 1.165) is 4.90 Å². The van der Waals surface area contributed by atoms with Crippen LogP contribution in [0.15, 0.2) is 29.3 Å². The van der Waals surface area contributed by atoms with E-state index in [4.69, 9.17) is 19.2 Å². The predicted octanol–water partition coefficient (Wildman–Crippen LogP) is 5.68. The number of amides is 2. The molecule has 2 aromatic rings. The van der Waals surface area contributed by atoms with Crippen molar-refractivity contribution in [1.29, 1.82) is 0 Å². The number of methoxy groups -OCH3 is 1. The number of ether oxygens (including phenoxy) is 3. The Hall–Kier alpha value is -3.48. The summed E-state index contributed by atoms with van der Waals surface area (Å²) in [6.07, 6.45) is -1.92. The Bertz CT molecular complexity index is 1350. The van der Waals surface area contributed by atoms with Crippen LogP contribution in [0.1, 0.15) is 52.8 Å². The minimum absolute atomic E-state index is 0.0173. The Morgan fingerprint density at radius 2 is 1.66 bits per heavy atom. The van der Waals surface area contributed by atoms with Gasteiger partial charge in [-0.1, -0.05) is 30.0 Å². The summed E-state index contributed by atoms with van der Waals surface area (Å²) in [5.41, 5.74) is -2.69. The number of amidine groups is 1. The van der Waals surface area contributed by atoms with Crippen LogP contribution in [0.25, 0.3) is 0 Å². The molecule has 0 aliphatic carbocycles. The molecular formula is C28H35F2N5O5S. The van der Waals surface area contributed by atoms with Crippen LogP contribution >= 0.6 is 11.8 Å². The van der Waals surface area contributed by atoms with Crippen molar-refractivity contribution in [2.45, 2.75) is 65.2 Å². The summed E-state index contributed by atoms with van der Waals surface area (Å²) < 4.78 is 46.1. The average Bonchev–Trinajstić information content (AvgIpc) is 3.23. The highest BCUT2D eigenvalue weighted by atomic mass is 32.2. The maximum atomic E-state index is 15.5. The van der Waals surface area contributed by atoms with E-state index in [1.807, 2.05) is 0 Å². The number of aliphatic imine (C=N–C) groups is 1. The monoisotopic (exact) mass is 591 g/mol. The number of fused-ring (bicyclic) bond motifs is 1. The Labute approximate surface area is 242 Å². The topological polar surface area (TPSA) is 106 Å². The number of carbonyl (C=O) groups is 2. The van der Waals surface area contributed by atoms with Crippen molar-refractivity contribution in [2.24, 2.45) is 10.9 Å². The fourth-order valence-corrected chi connectivity index (χ4v) is 5.92. The van der Waals surface area contributed by atoms with Gasteiger partial charge >= 0.3 is 12.2 Å². The van der Waals surface area contributed by atoms with E-state index in [9.17, 15) is 14.0 Å². The highest BCUT2D eigenvalue weighted by Gasteiger charge is 2.54. The molecule has 41 heavy (non-hydrogen) atoms. The molecule has 10 nitrogen and oxygen atoms in total. The molecule has 3 heterocycles. The Morgan fingerprint density at radius 3 is 2.22 bits per heavy atom. The molecule has 1 aromatic carbocycles. The number of aromatic nitrogens is 2. The molecule has 0 unspecified atom stereocenters. The lowest BCUT2D eigenvalue weighted by Crippen LogP contribution is -2.49. The third kappa shape index (κ3) is 6.39. The van der Waals surface area contributed by atoms with Crippen LogP contribution in [0, 0.1) is 24.5 Å². The minimum atomic E-state index is -1.24. The number of hydrogen-bond donors (Lipinski definition) is 0. The number of imide groups is 1. The molecule has 2 aliphatic heterocycles. The van der Waals surface area contributed by atoms with E-state index in [1.54, 1.807) is 64.6 Å². The van der Waals surface area contributed by atoms with Crippen LogP contribution in [0.3, 0.4) is 0 Å². The molecule has 0 bridgehead atoms. The molecule has 2 atom stereocenters. The second-order valence-electron chi connectivity index (χ2n) is 11.9. The van der Waals surface area contributed by atoms with Gasteiger partial charge < -0.3 is 19.1 Å². The summed E-state index contributed by atoms with van der Waals surface area (Å²) in [7, 11) is 1.31. The van der Waals surface area contributed by atoms with Gasteiger partial charge in [-0.2, -0.15) is 14.3 Å². The number of carbonyl (C=O) groups excluding carboxylic acids is 2. The number of anilines is 1. The Kier molecular flexibility index (Phi) is 8.23. The van der Waals surface area contributed by atoms with Crippen molar-refractivity contribution in [3.63, 3.8) is 0 Å². The molecule has 2 aliphatic rings.